The molecule has 0 radical (unpaired) electrons. The molecular weight excluding hydrogens is 307 g/mol. The second-order valence-corrected chi connectivity index (χ2v) is 3.40. The van der Waals surface area contributed by atoms with Gasteiger partial charge in [-0.05, 0) is 6.92 Å². The van der Waals surface area contributed by atoms with Crippen LogP contribution in [0.25, 0.3) is 0 Å². The zero-order chi connectivity index (χ0) is 9.52. The minimum Gasteiger partial charge on any atom is -0.207 e. The van der Waals surface area contributed by atoms with Crippen LogP contribution in [0.2, 0.25) is 5.02 Å². The van der Waals surface area contributed by atoms with Crippen molar-refractivity contribution in [3.8, 4) is 0 Å². The third-order valence-electron chi connectivity index (χ3n) is 1.26. The maximum Gasteiger partial charge on any atom is 0.436 e. The first kappa shape index (κ1) is 10.1. The summed E-state index contributed by atoms with van der Waals surface area (Å²) >= 11 is 7.02. The Kier molecular flexibility index (Phi) is 2.57. The lowest BCUT2D eigenvalue weighted by Crippen LogP contribution is -2.06. The molecule has 1 aromatic rings. The normalized spacial score (nSPS) is 12.2. The van der Waals surface area contributed by atoms with E-state index in [-0.39, 0.29) is 5.02 Å². The summed E-state index contributed by atoms with van der Waals surface area (Å²) in [6, 6.07) is 0. The molecule has 0 fully saturated rings. The fourth-order valence-corrected chi connectivity index (χ4v) is 1.46. The molecule has 2 nitrogen and oxygen atoms in total. The van der Waals surface area contributed by atoms with Crippen molar-refractivity contribution < 1.29 is 13.2 Å². The van der Waals surface area contributed by atoms with Crippen molar-refractivity contribution in [3.05, 3.63) is 16.4 Å². The molecule has 0 atom stereocenters. The Hall–Kier alpha value is 0.0200. The molecule has 0 N–H and O–H groups in total. The summed E-state index contributed by atoms with van der Waals surface area (Å²) in [4.78, 5) is 0. The van der Waals surface area contributed by atoms with E-state index in [0.29, 0.717) is 5.69 Å². The molecule has 1 aromatic heterocycles. The van der Waals surface area contributed by atoms with Gasteiger partial charge >= 0.3 is 6.18 Å². The number of hydrogen-bond donors (Lipinski definition) is 0. The number of alkyl halides is 3. The van der Waals surface area contributed by atoms with Gasteiger partial charge < -0.3 is 0 Å². The van der Waals surface area contributed by atoms with Crippen molar-refractivity contribution in [1.82, 2.24) is 7.99 Å². The van der Waals surface area contributed by atoms with E-state index < -0.39 is 11.9 Å². The van der Waals surface area contributed by atoms with Gasteiger partial charge in [0.1, 0.15) is 0 Å². The number of aromatic nitrogens is 2. The van der Waals surface area contributed by atoms with E-state index in [1.54, 1.807) is 22.9 Å². The van der Waals surface area contributed by atoms with Crippen molar-refractivity contribution in [2.45, 2.75) is 13.1 Å². The first-order valence-electron chi connectivity index (χ1n) is 2.82. The lowest BCUT2D eigenvalue weighted by molar-refractivity contribution is -0.141. The van der Waals surface area contributed by atoms with Crippen LogP contribution in [0.4, 0.5) is 13.2 Å². The van der Waals surface area contributed by atoms with E-state index in [0.717, 1.165) is 2.90 Å². The Morgan fingerprint density at radius 3 is 2.17 bits per heavy atom. The van der Waals surface area contributed by atoms with Crippen LogP contribution in [0.5, 0.6) is 0 Å². The number of halogens is 5. The van der Waals surface area contributed by atoms with Crippen molar-refractivity contribution in [3.63, 3.8) is 0 Å². The summed E-state index contributed by atoms with van der Waals surface area (Å²) < 4.78 is 37.3. The maximum atomic E-state index is 12.1. The Morgan fingerprint density at radius 1 is 1.50 bits per heavy atom. The summed E-state index contributed by atoms with van der Waals surface area (Å²) in [7, 11) is 0. The lowest BCUT2D eigenvalue weighted by atomic mass is 10.4. The van der Waals surface area contributed by atoms with E-state index in [9.17, 15) is 13.2 Å². The second kappa shape index (κ2) is 3.06. The Morgan fingerprint density at radius 2 is 2.00 bits per heavy atom. The van der Waals surface area contributed by atoms with E-state index in [2.05, 4.69) is 5.10 Å². The Labute approximate surface area is 85.2 Å². The van der Waals surface area contributed by atoms with Crippen LogP contribution in [0.3, 0.4) is 0 Å². The monoisotopic (exact) mass is 310 g/mol. The van der Waals surface area contributed by atoms with Gasteiger partial charge in [-0.15, -0.1) is 0 Å². The van der Waals surface area contributed by atoms with Crippen molar-refractivity contribution in [1.29, 1.82) is 0 Å². The van der Waals surface area contributed by atoms with Crippen molar-refractivity contribution in [2.24, 2.45) is 0 Å². The van der Waals surface area contributed by atoms with Gasteiger partial charge in [0.05, 0.1) is 33.6 Å². The maximum absolute atomic E-state index is 12.1. The quantitative estimate of drug-likeness (QED) is 0.674. The second-order valence-electron chi connectivity index (χ2n) is 2.11. The molecule has 1 heterocycles. The van der Waals surface area contributed by atoms with E-state index >= 15 is 0 Å². The molecule has 1 rings (SSSR count). The predicted molar refractivity (Wildman–Crippen MR) is 46.4 cm³/mol. The van der Waals surface area contributed by atoms with Crippen LogP contribution < -0.4 is 0 Å². The summed E-state index contributed by atoms with van der Waals surface area (Å²) in [5.74, 6) is 0. The van der Waals surface area contributed by atoms with Gasteiger partial charge in [-0.3, -0.25) is 0 Å². The molecule has 0 aromatic carbocycles. The van der Waals surface area contributed by atoms with Crippen LogP contribution in [-0.2, 0) is 6.18 Å². The summed E-state index contributed by atoms with van der Waals surface area (Å²) in [6.07, 6.45) is -4.47. The highest BCUT2D eigenvalue weighted by Gasteiger charge is 2.37. The van der Waals surface area contributed by atoms with Crippen LogP contribution in [0.1, 0.15) is 11.4 Å². The zero-order valence-electron chi connectivity index (χ0n) is 5.78. The number of rotatable bonds is 0. The summed E-state index contributed by atoms with van der Waals surface area (Å²) in [5, 5.41) is 2.89. The minimum atomic E-state index is -4.47. The van der Waals surface area contributed by atoms with Crippen LogP contribution in [0.15, 0.2) is 0 Å². The van der Waals surface area contributed by atoms with E-state index in [1.165, 1.54) is 6.92 Å². The first-order chi connectivity index (χ1) is 5.34. The minimum absolute atomic E-state index is 0.296. The van der Waals surface area contributed by atoms with Crippen molar-refractivity contribution in [2.75, 3.05) is 0 Å². The molecule has 0 spiro atoms. The summed E-state index contributed by atoms with van der Waals surface area (Å²) in [5.41, 5.74) is -0.736. The van der Waals surface area contributed by atoms with Gasteiger partial charge in [0.25, 0.3) is 0 Å². The van der Waals surface area contributed by atoms with Gasteiger partial charge in [-0.1, -0.05) is 11.6 Å². The zero-order valence-corrected chi connectivity index (χ0v) is 8.70. The van der Waals surface area contributed by atoms with Gasteiger partial charge in [-0.25, -0.2) is 2.90 Å². The molecule has 0 unspecified atom stereocenters. The third kappa shape index (κ3) is 1.68. The SMILES string of the molecule is Cc1c(Cl)c(C(F)(F)F)nn1I. The summed E-state index contributed by atoms with van der Waals surface area (Å²) in [6.45, 7) is 1.47. The van der Waals surface area contributed by atoms with Gasteiger partial charge in [0.2, 0.25) is 0 Å². The molecular formula is C5H3ClF3IN2. The Balaban J connectivity index is 3.28. The molecule has 0 saturated heterocycles. The molecule has 0 amide bonds. The van der Waals surface area contributed by atoms with Crippen LogP contribution >= 0.6 is 34.5 Å². The molecule has 0 aliphatic heterocycles. The molecule has 7 heteroatoms. The highest BCUT2D eigenvalue weighted by atomic mass is 127. The first-order valence-corrected chi connectivity index (χ1v) is 4.17. The molecule has 0 aliphatic carbocycles. The lowest BCUT2D eigenvalue weighted by Gasteiger charge is -2.00. The van der Waals surface area contributed by atoms with E-state index in [4.69, 9.17) is 11.6 Å². The topological polar surface area (TPSA) is 17.8 Å². The highest BCUT2D eigenvalue weighted by molar-refractivity contribution is 14.1. The molecule has 0 saturated carbocycles. The number of hydrogen-bond acceptors (Lipinski definition) is 1. The molecule has 0 bridgehead atoms. The fourth-order valence-electron chi connectivity index (χ4n) is 0.640. The van der Waals surface area contributed by atoms with Gasteiger partial charge in [0.15, 0.2) is 5.69 Å². The molecule has 0 aliphatic rings. The van der Waals surface area contributed by atoms with Gasteiger partial charge in [-0.2, -0.15) is 18.3 Å². The molecule has 68 valence electrons. The fraction of sp³-hybridized carbons (Fsp3) is 0.400. The average molecular weight is 310 g/mol. The standard InChI is InChI=1S/C5H3ClF3IN2/c1-2-3(6)4(5(7,8)9)11-12(2)10/h1H3. The largest absolute Gasteiger partial charge is 0.436 e. The predicted octanol–water partition coefficient (Wildman–Crippen LogP) is 3.06. The smallest absolute Gasteiger partial charge is 0.207 e. The number of nitrogens with zero attached hydrogens (tertiary/aromatic N) is 2. The van der Waals surface area contributed by atoms with Crippen molar-refractivity contribution >= 4 is 34.5 Å². The Bertz CT molecular complexity index is 306. The highest BCUT2D eigenvalue weighted by Crippen LogP contribution is 2.35. The third-order valence-corrected chi connectivity index (χ3v) is 2.65. The van der Waals surface area contributed by atoms with Crippen LogP contribution in [-0.4, -0.2) is 7.99 Å². The van der Waals surface area contributed by atoms with Crippen LogP contribution in [0, 0.1) is 6.92 Å². The molecule has 12 heavy (non-hydrogen) atoms. The van der Waals surface area contributed by atoms with Gasteiger partial charge in [0, 0.05) is 0 Å². The average Bonchev–Trinajstić information content (AvgIpc) is 2.15. The van der Waals surface area contributed by atoms with E-state index in [1.807, 2.05) is 0 Å².